The fourth-order valence-electron chi connectivity index (χ4n) is 2.30. The molecule has 0 aliphatic heterocycles. The van der Waals surface area contributed by atoms with Gasteiger partial charge in [0.2, 0.25) is 0 Å². The molecular formula is C15H20N2O. The van der Waals surface area contributed by atoms with Crippen molar-refractivity contribution in [1.82, 2.24) is 10.3 Å². The van der Waals surface area contributed by atoms with Crippen molar-refractivity contribution in [3.63, 3.8) is 0 Å². The van der Waals surface area contributed by atoms with Gasteiger partial charge in [-0.05, 0) is 31.5 Å². The summed E-state index contributed by atoms with van der Waals surface area (Å²) in [5, 5.41) is 4.57. The van der Waals surface area contributed by atoms with E-state index in [1.165, 1.54) is 10.9 Å². The van der Waals surface area contributed by atoms with E-state index >= 15 is 0 Å². The lowest BCUT2D eigenvalue weighted by Crippen LogP contribution is -2.17. The van der Waals surface area contributed by atoms with E-state index in [0.717, 1.165) is 25.0 Å². The van der Waals surface area contributed by atoms with Crippen LogP contribution in [0.3, 0.4) is 0 Å². The average molecular weight is 244 g/mol. The second-order valence-corrected chi connectivity index (χ2v) is 4.40. The third kappa shape index (κ3) is 2.86. The van der Waals surface area contributed by atoms with Gasteiger partial charge in [-0.2, -0.15) is 0 Å². The van der Waals surface area contributed by atoms with Gasteiger partial charge < -0.3 is 10.1 Å². The molecule has 3 heteroatoms. The highest BCUT2D eigenvalue weighted by atomic mass is 16.5. The van der Waals surface area contributed by atoms with Crippen molar-refractivity contribution in [1.29, 1.82) is 0 Å². The molecular weight excluding hydrogens is 224 g/mol. The van der Waals surface area contributed by atoms with Crippen LogP contribution in [0.4, 0.5) is 0 Å². The molecule has 1 N–H and O–H groups in total. The Bertz CT molecular complexity index is 493. The molecule has 0 bridgehead atoms. The fourth-order valence-corrected chi connectivity index (χ4v) is 2.30. The lowest BCUT2D eigenvalue weighted by Gasteiger charge is -2.17. The van der Waals surface area contributed by atoms with Gasteiger partial charge in [-0.15, -0.1) is 0 Å². The molecule has 0 fully saturated rings. The van der Waals surface area contributed by atoms with Crippen LogP contribution in [-0.2, 0) is 4.74 Å². The third-order valence-electron chi connectivity index (χ3n) is 3.23. The summed E-state index contributed by atoms with van der Waals surface area (Å²) < 4.78 is 5.12. The van der Waals surface area contributed by atoms with Gasteiger partial charge in [0.05, 0.1) is 5.52 Å². The minimum absolute atomic E-state index is 0.332. The predicted molar refractivity (Wildman–Crippen MR) is 74.7 cm³/mol. The first kappa shape index (κ1) is 13.0. The summed E-state index contributed by atoms with van der Waals surface area (Å²) in [7, 11) is 3.74. The minimum atomic E-state index is 0.332. The first-order valence-corrected chi connectivity index (χ1v) is 6.36. The zero-order chi connectivity index (χ0) is 12.8. The van der Waals surface area contributed by atoms with Crippen LogP contribution in [0.5, 0.6) is 0 Å². The molecule has 1 heterocycles. The van der Waals surface area contributed by atoms with E-state index in [9.17, 15) is 0 Å². The van der Waals surface area contributed by atoms with Crippen LogP contribution < -0.4 is 5.32 Å². The van der Waals surface area contributed by atoms with Crippen LogP contribution in [0.25, 0.3) is 10.9 Å². The number of rotatable bonds is 6. The van der Waals surface area contributed by atoms with Crippen LogP contribution in [0.2, 0.25) is 0 Å². The summed E-state index contributed by atoms with van der Waals surface area (Å²) in [4.78, 5) is 4.51. The minimum Gasteiger partial charge on any atom is -0.385 e. The van der Waals surface area contributed by atoms with E-state index in [2.05, 4.69) is 34.6 Å². The molecule has 96 valence electrons. The number of aromatic nitrogens is 1. The van der Waals surface area contributed by atoms with Crippen LogP contribution in [-0.4, -0.2) is 25.7 Å². The van der Waals surface area contributed by atoms with Crippen molar-refractivity contribution in [2.75, 3.05) is 20.8 Å². The molecule has 0 aliphatic carbocycles. The number of pyridine rings is 1. The Morgan fingerprint density at radius 1 is 1.28 bits per heavy atom. The van der Waals surface area contributed by atoms with Gasteiger partial charge >= 0.3 is 0 Å². The zero-order valence-electron chi connectivity index (χ0n) is 11.0. The first-order valence-electron chi connectivity index (χ1n) is 6.36. The second-order valence-electron chi connectivity index (χ2n) is 4.40. The van der Waals surface area contributed by atoms with E-state index < -0.39 is 0 Å². The highest BCUT2D eigenvalue weighted by Crippen LogP contribution is 2.25. The number of hydrogen-bond donors (Lipinski definition) is 1. The van der Waals surface area contributed by atoms with E-state index in [-0.39, 0.29) is 0 Å². The Kier molecular flexibility index (Phi) is 4.67. The lowest BCUT2D eigenvalue weighted by molar-refractivity contribution is 0.189. The van der Waals surface area contributed by atoms with E-state index in [1.54, 1.807) is 7.11 Å². The fraction of sp³-hybridized carbons (Fsp3) is 0.400. The first-order chi connectivity index (χ1) is 8.86. The Balaban J connectivity index is 2.27. The number of nitrogens with zero attached hydrogens (tertiary/aromatic N) is 1. The number of fused-ring (bicyclic) bond motifs is 1. The smallest absolute Gasteiger partial charge is 0.0749 e. The molecule has 3 nitrogen and oxygen atoms in total. The van der Waals surface area contributed by atoms with Crippen molar-refractivity contribution < 1.29 is 4.74 Å². The molecule has 0 saturated heterocycles. The molecule has 0 spiro atoms. The number of ether oxygens (including phenoxy) is 1. The number of para-hydroxylation sites is 1. The van der Waals surface area contributed by atoms with Gasteiger partial charge in [0, 0.05) is 31.3 Å². The van der Waals surface area contributed by atoms with Crippen LogP contribution >= 0.6 is 0 Å². The molecule has 0 radical (unpaired) electrons. The maximum Gasteiger partial charge on any atom is 0.0749 e. The van der Waals surface area contributed by atoms with Crippen molar-refractivity contribution in [2.24, 2.45) is 0 Å². The highest BCUT2D eigenvalue weighted by Gasteiger charge is 2.12. The molecule has 0 amide bonds. The monoisotopic (exact) mass is 244 g/mol. The molecule has 18 heavy (non-hydrogen) atoms. The zero-order valence-corrected chi connectivity index (χ0v) is 11.0. The summed E-state index contributed by atoms with van der Waals surface area (Å²) in [6, 6.07) is 10.8. The normalized spacial score (nSPS) is 12.8. The van der Waals surface area contributed by atoms with Gasteiger partial charge in [0.15, 0.2) is 0 Å². The Labute approximate surface area is 108 Å². The van der Waals surface area contributed by atoms with Crippen molar-refractivity contribution in [3.8, 4) is 0 Å². The quantitative estimate of drug-likeness (QED) is 0.793. The topological polar surface area (TPSA) is 34.1 Å². The molecule has 1 atom stereocenters. The largest absolute Gasteiger partial charge is 0.385 e. The van der Waals surface area contributed by atoms with Crippen molar-refractivity contribution >= 4 is 10.9 Å². The molecule has 1 aromatic heterocycles. The summed E-state index contributed by atoms with van der Waals surface area (Å²) in [5.74, 6) is 0. The molecule has 2 aromatic rings. The molecule has 0 aliphatic rings. The van der Waals surface area contributed by atoms with Gasteiger partial charge in [0.25, 0.3) is 0 Å². The van der Waals surface area contributed by atoms with E-state index in [4.69, 9.17) is 4.74 Å². The van der Waals surface area contributed by atoms with Crippen LogP contribution in [0.1, 0.15) is 24.4 Å². The van der Waals surface area contributed by atoms with Gasteiger partial charge in [-0.3, -0.25) is 4.98 Å². The molecule has 1 unspecified atom stereocenters. The summed E-state index contributed by atoms with van der Waals surface area (Å²) in [6.07, 6.45) is 3.96. The van der Waals surface area contributed by atoms with Crippen LogP contribution in [0.15, 0.2) is 36.5 Å². The molecule has 0 saturated carbocycles. The van der Waals surface area contributed by atoms with Gasteiger partial charge in [-0.25, -0.2) is 0 Å². The van der Waals surface area contributed by atoms with E-state index in [1.807, 2.05) is 19.3 Å². The average Bonchev–Trinajstić information content (AvgIpc) is 2.43. The van der Waals surface area contributed by atoms with Crippen molar-refractivity contribution in [3.05, 3.63) is 42.1 Å². The summed E-state index contributed by atoms with van der Waals surface area (Å²) in [5.41, 5.74) is 2.36. The second kappa shape index (κ2) is 6.47. The Morgan fingerprint density at radius 3 is 2.89 bits per heavy atom. The molecule has 2 rings (SSSR count). The standard InChI is InChI=1S/C15H20N2O/c1-16-14(9-5-11-18-2)13-8-3-6-12-7-4-10-17-15(12)13/h3-4,6-8,10,14,16H,5,9,11H2,1-2H3. The lowest BCUT2D eigenvalue weighted by atomic mass is 9.99. The summed E-state index contributed by atoms with van der Waals surface area (Å²) in [6.45, 7) is 0.802. The van der Waals surface area contributed by atoms with Gasteiger partial charge in [-0.1, -0.05) is 24.3 Å². The highest BCUT2D eigenvalue weighted by molar-refractivity contribution is 5.81. The number of nitrogens with one attached hydrogen (secondary N) is 1. The van der Waals surface area contributed by atoms with Gasteiger partial charge in [0.1, 0.15) is 0 Å². The maximum absolute atomic E-state index is 5.12. The number of hydrogen-bond acceptors (Lipinski definition) is 3. The predicted octanol–water partition coefficient (Wildman–Crippen LogP) is 2.92. The third-order valence-corrected chi connectivity index (χ3v) is 3.23. The van der Waals surface area contributed by atoms with Crippen LogP contribution in [0, 0.1) is 0 Å². The Morgan fingerprint density at radius 2 is 2.11 bits per heavy atom. The number of benzene rings is 1. The SMILES string of the molecule is CNC(CCCOC)c1cccc2cccnc12. The number of methoxy groups -OCH3 is 1. The maximum atomic E-state index is 5.12. The Hall–Kier alpha value is -1.45. The summed E-state index contributed by atoms with van der Waals surface area (Å²) >= 11 is 0. The molecule has 1 aromatic carbocycles. The van der Waals surface area contributed by atoms with E-state index in [0.29, 0.717) is 6.04 Å². The van der Waals surface area contributed by atoms with Crippen molar-refractivity contribution in [2.45, 2.75) is 18.9 Å².